The van der Waals surface area contributed by atoms with E-state index in [0.717, 1.165) is 11.3 Å². The van der Waals surface area contributed by atoms with Crippen molar-refractivity contribution in [2.75, 3.05) is 13.7 Å². The minimum atomic E-state index is -0.919. The molecule has 1 saturated carbocycles. The van der Waals surface area contributed by atoms with Gasteiger partial charge in [0, 0.05) is 6.54 Å². The summed E-state index contributed by atoms with van der Waals surface area (Å²) in [6, 6.07) is 7.32. The van der Waals surface area contributed by atoms with Gasteiger partial charge in [-0.15, -0.1) is 0 Å². The molecule has 1 aromatic carbocycles. The summed E-state index contributed by atoms with van der Waals surface area (Å²) < 4.78 is 5.10. The van der Waals surface area contributed by atoms with Crippen molar-refractivity contribution in [1.29, 1.82) is 0 Å². The summed E-state index contributed by atoms with van der Waals surface area (Å²) in [6.07, 6.45) is 1.11. The van der Waals surface area contributed by atoms with Crippen molar-refractivity contribution in [2.45, 2.75) is 24.9 Å². The van der Waals surface area contributed by atoms with E-state index >= 15 is 0 Å². The highest BCUT2D eigenvalue weighted by atomic mass is 16.5. The summed E-state index contributed by atoms with van der Waals surface area (Å²) in [6.45, 7) is 0.200. The molecule has 2 fully saturated rings. The van der Waals surface area contributed by atoms with Gasteiger partial charge in [-0.1, -0.05) is 12.1 Å². The van der Waals surface area contributed by atoms with Gasteiger partial charge in [-0.05, 0) is 30.5 Å². The van der Waals surface area contributed by atoms with Gasteiger partial charge < -0.3 is 15.0 Å². The van der Waals surface area contributed by atoms with E-state index in [1.54, 1.807) is 7.11 Å². The number of rotatable bonds is 3. The van der Waals surface area contributed by atoms with Crippen molar-refractivity contribution in [3.8, 4) is 5.75 Å². The van der Waals surface area contributed by atoms with Gasteiger partial charge in [0.15, 0.2) is 0 Å². The number of ether oxygens (including phenoxy) is 1. The van der Waals surface area contributed by atoms with Gasteiger partial charge >= 0.3 is 0 Å². The van der Waals surface area contributed by atoms with Gasteiger partial charge in [0.05, 0.1) is 13.7 Å². The highest BCUT2D eigenvalue weighted by Crippen LogP contribution is 2.44. The minimum Gasteiger partial charge on any atom is -0.497 e. The van der Waals surface area contributed by atoms with Gasteiger partial charge in [0.2, 0.25) is 11.7 Å². The van der Waals surface area contributed by atoms with Crippen LogP contribution in [0, 0.1) is 0 Å². The summed E-state index contributed by atoms with van der Waals surface area (Å²) in [5.74, 6) is -0.641. The van der Waals surface area contributed by atoms with Crippen LogP contribution in [-0.4, -0.2) is 41.7 Å². The van der Waals surface area contributed by atoms with E-state index in [1.165, 1.54) is 4.90 Å². The van der Waals surface area contributed by atoms with Crippen LogP contribution in [0.1, 0.15) is 18.4 Å². The van der Waals surface area contributed by atoms with Crippen molar-refractivity contribution >= 4 is 17.6 Å². The Morgan fingerprint density at radius 1 is 1.19 bits per heavy atom. The number of carbonyl (C=O) groups is 3. The second kappa shape index (κ2) is 4.87. The first-order chi connectivity index (χ1) is 10.1. The first-order valence-electron chi connectivity index (χ1n) is 6.83. The zero-order valence-electron chi connectivity index (χ0n) is 11.7. The molecule has 0 unspecified atom stereocenters. The van der Waals surface area contributed by atoms with Gasteiger partial charge in [-0.3, -0.25) is 14.4 Å². The molecule has 21 heavy (non-hydrogen) atoms. The van der Waals surface area contributed by atoms with Crippen LogP contribution in [0.25, 0.3) is 0 Å². The SMILES string of the molecule is COc1ccc(CN2C(=O)CNC(=O)C(=O)C23CC3)cc1. The van der Waals surface area contributed by atoms with Gasteiger partial charge in [0.25, 0.3) is 5.91 Å². The normalized spacial score (nSPS) is 20.2. The van der Waals surface area contributed by atoms with Crippen molar-refractivity contribution in [3.63, 3.8) is 0 Å². The van der Waals surface area contributed by atoms with Crippen molar-refractivity contribution in [3.05, 3.63) is 29.8 Å². The summed E-state index contributed by atoms with van der Waals surface area (Å²) in [5.41, 5.74) is -0.0185. The molecular formula is C15H16N2O4. The van der Waals surface area contributed by atoms with Gasteiger partial charge in [0.1, 0.15) is 11.3 Å². The van der Waals surface area contributed by atoms with Crippen LogP contribution in [0.15, 0.2) is 24.3 Å². The lowest BCUT2D eigenvalue weighted by Gasteiger charge is -2.28. The Morgan fingerprint density at radius 2 is 1.86 bits per heavy atom. The molecule has 2 amide bonds. The second-order valence-electron chi connectivity index (χ2n) is 5.37. The van der Waals surface area contributed by atoms with Gasteiger partial charge in [-0.25, -0.2) is 0 Å². The summed E-state index contributed by atoms with van der Waals surface area (Å²) in [4.78, 5) is 37.6. The fraction of sp³-hybridized carbons (Fsp3) is 0.400. The lowest BCUT2D eigenvalue weighted by Crippen LogP contribution is -2.47. The van der Waals surface area contributed by atoms with E-state index in [0.29, 0.717) is 19.4 Å². The van der Waals surface area contributed by atoms with E-state index in [9.17, 15) is 14.4 Å². The standard InChI is InChI=1S/C15H16N2O4/c1-21-11-4-2-10(3-5-11)9-17-12(18)8-16-14(20)13(19)15(17)6-7-15/h2-5H,6-9H2,1H3,(H,16,20). The third kappa shape index (κ3) is 2.26. The maximum atomic E-state index is 12.2. The zero-order chi connectivity index (χ0) is 15.0. The topological polar surface area (TPSA) is 75.7 Å². The molecule has 0 radical (unpaired) electrons. The fourth-order valence-electron chi connectivity index (χ4n) is 2.67. The third-order valence-corrected chi connectivity index (χ3v) is 4.07. The van der Waals surface area contributed by atoms with E-state index in [1.807, 2.05) is 24.3 Å². The molecule has 1 aliphatic heterocycles. The second-order valence-corrected chi connectivity index (χ2v) is 5.37. The molecule has 1 saturated heterocycles. The minimum absolute atomic E-state index is 0.123. The largest absolute Gasteiger partial charge is 0.497 e. The molecule has 1 aromatic rings. The molecule has 6 heteroatoms. The molecular weight excluding hydrogens is 272 g/mol. The van der Waals surface area contributed by atoms with E-state index < -0.39 is 17.2 Å². The van der Waals surface area contributed by atoms with Crippen LogP contribution in [-0.2, 0) is 20.9 Å². The molecule has 1 N–H and O–H groups in total. The smallest absolute Gasteiger partial charge is 0.290 e. The van der Waals surface area contributed by atoms with Crippen LogP contribution in [0.5, 0.6) is 5.75 Å². The first kappa shape index (κ1) is 13.6. The molecule has 2 aliphatic rings. The van der Waals surface area contributed by atoms with Crippen LogP contribution < -0.4 is 10.1 Å². The zero-order valence-corrected chi connectivity index (χ0v) is 11.7. The number of carbonyl (C=O) groups excluding carboxylic acids is 3. The maximum Gasteiger partial charge on any atom is 0.290 e. The molecule has 1 spiro atoms. The number of nitrogens with one attached hydrogen (secondary N) is 1. The first-order valence-corrected chi connectivity index (χ1v) is 6.83. The van der Waals surface area contributed by atoms with Crippen molar-refractivity contribution in [1.82, 2.24) is 10.2 Å². The molecule has 1 heterocycles. The summed E-state index contributed by atoms with van der Waals surface area (Å²) in [5, 5.41) is 2.37. The Hall–Kier alpha value is -2.37. The number of hydrogen-bond donors (Lipinski definition) is 1. The Balaban J connectivity index is 1.86. The van der Waals surface area contributed by atoms with E-state index in [4.69, 9.17) is 4.74 Å². The highest BCUT2D eigenvalue weighted by molar-refractivity contribution is 6.41. The Labute approximate surface area is 122 Å². The molecule has 0 bridgehead atoms. The van der Waals surface area contributed by atoms with Crippen LogP contribution >= 0.6 is 0 Å². The number of amides is 2. The average molecular weight is 288 g/mol. The third-order valence-electron chi connectivity index (χ3n) is 4.07. The lowest BCUT2D eigenvalue weighted by molar-refractivity contribution is -0.143. The molecule has 0 aromatic heterocycles. The monoisotopic (exact) mass is 288 g/mol. The molecule has 1 aliphatic carbocycles. The van der Waals surface area contributed by atoms with Gasteiger partial charge in [-0.2, -0.15) is 0 Å². The average Bonchev–Trinajstić information content (AvgIpc) is 3.31. The summed E-state index contributed by atoms with van der Waals surface area (Å²) >= 11 is 0. The fourth-order valence-corrected chi connectivity index (χ4v) is 2.67. The predicted octanol–water partition coefficient (Wildman–Crippen LogP) is 0.255. The molecule has 6 nitrogen and oxygen atoms in total. The number of nitrogens with zero attached hydrogens (tertiary/aromatic N) is 1. The quantitative estimate of drug-likeness (QED) is 0.809. The predicted molar refractivity (Wildman–Crippen MR) is 73.5 cm³/mol. The Morgan fingerprint density at radius 3 is 2.43 bits per heavy atom. The van der Waals surface area contributed by atoms with Crippen LogP contribution in [0.3, 0.4) is 0 Å². The lowest BCUT2D eigenvalue weighted by atomic mass is 10.1. The number of hydrogen-bond acceptors (Lipinski definition) is 4. The van der Waals surface area contributed by atoms with Crippen molar-refractivity contribution in [2.24, 2.45) is 0 Å². The number of ketones is 1. The van der Waals surface area contributed by atoms with Crippen LogP contribution in [0.2, 0.25) is 0 Å². The summed E-state index contributed by atoms with van der Waals surface area (Å²) in [7, 11) is 1.59. The number of benzene rings is 1. The maximum absolute atomic E-state index is 12.2. The molecule has 3 rings (SSSR count). The van der Waals surface area contributed by atoms with Crippen LogP contribution in [0.4, 0.5) is 0 Å². The van der Waals surface area contributed by atoms with E-state index in [-0.39, 0.29) is 12.5 Å². The molecule has 0 atom stereocenters. The molecule has 110 valence electrons. The Kier molecular flexibility index (Phi) is 3.16. The number of Topliss-reactive ketones (excluding diaryl/α,β-unsaturated/α-hetero) is 1. The Bertz CT molecular complexity index is 605. The number of methoxy groups -OCH3 is 1. The highest BCUT2D eigenvalue weighted by Gasteiger charge is 2.59. The van der Waals surface area contributed by atoms with Crippen molar-refractivity contribution < 1.29 is 19.1 Å². The van der Waals surface area contributed by atoms with E-state index in [2.05, 4.69) is 5.32 Å².